The lowest BCUT2D eigenvalue weighted by molar-refractivity contribution is -0.119. The number of nitrogens with one attached hydrogen (secondary N) is 2. The molecule has 3 aromatic rings. The molecule has 0 spiro atoms. The monoisotopic (exact) mass is 404 g/mol. The van der Waals surface area contributed by atoms with Crippen molar-refractivity contribution in [1.29, 1.82) is 0 Å². The molecule has 0 saturated carbocycles. The molecule has 152 valence electrons. The number of ether oxygens (including phenoxy) is 1. The Morgan fingerprint density at radius 3 is 2.57 bits per heavy atom. The molecule has 0 atom stereocenters. The Hall–Kier alpha value is -3.94. The summed E-state index contributed by atoms with van der Waals surface area (Å²) in [5.41, 5.74) is 2.94. The Morgan fingerprint density at radius 1 is 1.10 bits per heavy atom. The van der Waals surface area contributed by atoms with Gasteiger partial charge >= 0.3 is 5.97 Å². The first-order chi connectivity index (χ1) is 14.6. The fourth-order valence-electron chi connectivity index (χ4n) is 3.32. The zero-order valence-corrected chi connectivity index (χ0v) is 16.1. The number of rotatable bonds is 6. The lowest BCUT2D eigenvalue weighted by Gasteiger charge is -2.16. The van der Waals surface area contributed by atoms with Crippen LogP contribution >= 0.6 is 0 Å². The number of hydrogen-bond donors (Lipinski definition) is 2. The van der Waals surface area contributed by atoms with Gasteiger partial charge in [0.25, 0.3) is 5.91 Å². The number of hydrogen-bond acceptors (Lipinski definition) is 5. The van der Waals surface area contributed by atoms with E-state index < -0.39 is 18.5 Å². The van der Waals surface area contributed by atoms with Crippen LogP contribution in [0.5, 0.6) is 0 Å². The van der Waals surface area contributed by atoms with E-state index in [1.54, 1.807) is 29.2 Å². The second-order valence-electron chi connectivity index (χ2n) is 6.84. The molecule has 0 bridgehead atoms. The van der Waals surface area contributed by atoms with Gasteiger partial charge in [-0.15, -0.1) is 0 Å². The van der Waals surface area contributed by atoms with E-state index in [1.807, 2.05) is 30.3 Å². The molecule has 1 aliphatic heterocycles. The maximum atomic E-state index is 12.4. The van der Waals surface area contributed by atoms with Crippen LogP contribution in [0.25, 0.3) is 11.3 Å². The molecule has 8 heteroatoms. The number of H-pyrrole nitrogens is 1. The first-order valence-corrected chi connectivity index (χ1v) is 9.58. The van der Waals surface area contributed by atoms with Crippen LogP contribution in [-0.2, 0) is 14.3 Å². The summed E-state index contributed by atoms with van der Waals surface area (Å²) in [6, 6.07) is 16.2. The second-order valence-corrected chi connectivity index (χ2v) is 6.84. The molecule has 2 aromatic carbocycles. The lowest BCUT2D eigenvalue weighted by Crippen LogP contribution is -2.23. The highest BCUT2D eigenvalue weighted by atomic mass is 16.5. The third-order valence-corrected chi connectivity index (χ3v) is 4.79. The predicted octanol–water partition coefficient (Wildman–Crippen LogP) is 3.00. The van der Waals surface area contributed by atoms with E-state index in [2.05, 4.69) is 15.5 Å². The Morgan fingerprint density at radius 2 is 1.87 bits per heavy atom. The van der Waals surface area contributed by atoms with Gasteiger partial charge in [-0.2, -0.15) is 5.10 Å². The molecule has 0 aliphatic carbocycles. The second kappa shape index (κ2) is 8.60. The lowest BCUT2D eigenvalue weighted by atomic mass is 10.1. The molecule has 0 unspecified atom stereocenters. The Balaban J connectivity index is 1.33. The maximum absolute atomic E-state index is 12.4. The summed E-state index contributed by atoms with van der Waals surface area (Å²) in [6.45, 7) is 0.282. The molecule has 2 heterocycles. The van der Waals surface area contributed by atoms with Gasteiger partial charge in [0.1, 0.15) is 5.56 Å². The minimum atomic E-state index is -0.638. The van der Waals surface area contributed by atoms with Crippen molar-refractivity contribution in [2.45, 2.75) is 12.8 Å². The molecule has 30 heavy (non-hydrogen) atoms. The van der Waals surface area contributed by atoms with E-state index in [4.69, 9.17) is 4.74 Å². The van der Waals surface area contributed by atoms with Crippen LogP contribution in [-0.4, -0.2) is 41.1 Å². The van der Waals surface area contributed by atoms with Gasteiger partial charge in [-0.05, 0) is 30.7 Å². The summed E-state index contributed by atoms with van der Waals surface area (Å²) in [4.78, 5) is 38.1. The van der Waals surface area contributed by atoms with E-state index in [9.17, 15) is 14.4 Å². The van der Waals surface area contributed by atoms with Crippen LogP contribution in [0.4, 0.5) is 11.4 Å². The van der Waals surface area contributed by atoms with Crippen molar-refractivity contribution in [1.82, 2.24) is 10.2 Å². The quantitative estimate of drug-likeness (QED) is 0.615. The number of amides is 2. The number of carbonyl (C=O) groups excluding carboxylic acids is 3. The molecule has 1 aromatic heterocycles. The van der Waals surface area contributed by atoms with Gasteiger partial charge in [0.2, 0.25) is 5.91 Å². The van der Waals surface area contributed by atoms with Gasteiger partial charge in [0, 0.05) is 29.9 Å². The Bertz CT molecular complexity index is 1060. The third kappa shape index (κ3) is 4.22. The van der Waals surface area contributed by atoms with E-state index in [0.29, 0.717) is 24.3 Å². The molecule has 1 saturated heterocycles. The summed E-state index contributed by atoms with van der Waals surface area (Å²) < 4.78 is 5.14. The van der Waals surface area contributed by atoms with Crippen molar-refractivity contribution in [3.05, 3.63) is 66.4 Å². The summed E-state index contributed by atoms with van der Waals surface area (Å²) >= 11 is 0. The van der Waals surface area contributed by atoms with Crippen molar-refractivity contribution < 1.29 is 19.1 Å². The number of esters is 1. The highest BCUT2D eigenvalue weighted by Gasteiger charge is 2.21. The summed E-state index contributed by atoms with van der Waals surface area (Å²) in [5.74, 6) is -0.994. The number of aromatic amines is 1. The fourth-order valence-corrected chi connectivity index (χ4v) is 3.32. The average molecular weight is 404 g/mol. The van der Waals surface area contributed by atoms with Crippen LogP contribution < -0.4 is 10.2 Å². The van der Waals surface area contributed by atoms with Crippen LogP contribution in [0, 0.1) is 0 Å². The molecule has 1 fully saturated rings. The Labute approximate surface area is 172 Å². The van der Waals surface area contributed by atoms with E-state index in [1.165, 1.54) is 6.20 Å². The zero-order chi connectivity index (χ0) is 20.9. The van der Waals surface area contributed by atoms with Crippen molar-refractivity contribution in [2.24, 2.45) is 0 Å². The number of aromatic nitrogens is 2. The molecular weight excluding hydrogens is 384 g/mol. The smallest absolute Gasteiger partial charge is 0.342 e. The highest BCUT2D eigenvalue weighted by molar-refractivity contribution is 5.99. The van der Waals surface area contributed by atoms with Crippen LogP contribution in [0.15, 0.2) is 60.8 Å². The molecule has 2 amide bonds. The zero-order valence-electron chi connectivity index (χ0n) is 16.1. The molecule has 8 nitrogen and oxygen atoms in total. The Kier molecular flexibility index (Phi) is 5.56. The van der Waals surface area contributed by atoms with Crippen molar-refractivity contribution in [3.63, 3.8) is 0 Å². The number of benzene rings is 2. The number of carbonyl (C=O) groups is 3. The SMILES string of the molecule is O=C(COC(=O)c1cn[nH]c1-c1ccccc1)Nc1ccc(N2CCCC2=O)cc1. The maximum Gasteiger partial charge on any atom is 0.342 e. The topological polar surface area (TPSA) is 104 Å². The van der Waals surface area contributed by atoms with Gasteiger partial charge < -0.3 is 15.0 Å². The number of nitrogens with zero attached hydrogens (tertiary/aromatic N) is 2. The standard InChI is InChI=1S/C22H20N4O4/c27-19(24-16-8-10-17(11-9-16)26-12-4-7-20(26)28)14-30-22(29)18-13-23-25-21(18)15-5-2-1-3-6-15/h1-3,5-6,8-11,13H,4,7,12,14H2,(H,23,25)(H,24,27). The van der Waals surface area contributed by atoms with Crippen molar-refractivity contribution >= 4 is 29.2 Å². The minimum absolute atomic E-state index is 0.104. The van der Waals surface area contributed by atoms with E-state index >= 15 is 0 Å². The normalized spacial score (nSPS) is 13.3. The summed E-state index contributed by atoms with van der Waals surface area (Å²) in [5, 5.41) is 9.36. The molecule has 4 rings (SSSR count). The first-order valence-electron chi connectivity index (χ1n) is 9.58. The van der Waals surface area contributed by atoms with Crippen LogP contribution in [0.1, 0.15) is 23.2 Å². The molecule has 1 aliphatic rings. The number of anilines is 2. The summed E-state index contributed by atoms with van der Waals surface area (Å²) in [6.07, 6.45) is 2.79. The largest absolute Gasteiger partial charge is 0.452 e. The average Bonchev–Trinajstić information content (AvgIpc) is 3.42. The van der Waals surface area contributed by atoms with Crippen molar-refractivity contribution in [2.75, 3.05) is 23.4 Å². The molecular formula is C22H20N4O4. The van der Waals surface area contributed by atoms with E-state index in [-0.39, 0.29) is 11.5 Å². The fraction of sp³-hybridized carbons (Fsp3) is 0.182. The summed E-state index contributed by atoms with van der Waals surface area (Å²) in [7, 11) is 0. The molecule has 0 radical (unpaired) electrons. The third-order valence-electron chi connectivity index (χ3n) is 4.79. The minimum Gasteiger partial charge on any atom is -0.452 e. The predicted molar refractivity (Wildman–Crippen MR) is 111 cm³/mol. The van der Waals surface area contributed by atoms with Gasteiger partial charge in [0.15, 0.2) is 6.61 Å². The van der Waals surface area contributed by atoms with Gasteiger partial charge in [0.05, 0.1) is 11.9 Å². The van der Waals surface area contributed by atoms with Gasteiger partial charge in [-0.1, -0.05) is 30.3 Å². The van der Waals surface area contributed by atoms with Gasteiger partial charge in [-0.3, -0.25) is 14.7 Å². The van der Waals surface area contributed by atoms with Gasteiger partial charge in [-0.25, -0.2) is 4.79 Å². The van der Waals surface area contributed by atoms with Crippen LogP contribution in [0.3, 0.4) is 0 Å². The van der Waals surface area contributed by atoms with Crippen molar-refractivity contribution in [3.8, 4) is 11.3 Å². The van der Waals surface area contributed by atoms with Crippen LogP contribution in [0.2, 0.25) is 0 Å². The highest BCUT2D eigenvalue weighted by Crippen LogP contribution is 2.23. The first kappa shape index (κ1) is 19.4. The molecule has 2 N–H and O–H groups in total. The van der Waals surface area contributed by atoms with E-state index in [0.717, 1.165) is 17.7 Å².